The van der Waals surface area contributed by atoms with Crippen LogP contribution in [-0.2, 0) is 13.1 Å². The predicted octanol–water partition coefficient (Wildman–Crippen LogP) is 4.98. The van der Waals surface area contributed by atoms with Crippen molar-refractivity contribution in [1.82, 2.24) is 9.47 Å². The Bertz CT molecular complexity index is 992. The molecule has 152 valence electrons. The van der Waals surface area contributed by atoms with E-state index in [1.165, 1.54) is 6.07 Å². The fraction of sp³-hybridized carbons (Fsp3) is 0.304. The standard InChI is InChI=1S/C23H25ClN2O3/c1-2-3-5-15-26(16-18-8-10-19(24)11-9-18)23(28)21-13-12-20(29-21)17-25-14-6-4-7-22(25)27/h4,6-14H,2-3,5,15-17H2,1H3. The second-order valence-electron chi connectivity index (χ2n) is 6.99. The minimum atomic E-state index is -0.150. The highest BCUT2D eigenvalue weighted by atomic mass is 35.5. The summed E-state index contributed by atoms with van der Waals surface area (Å²) in [6.45, 7) is 3.58. The fourth-order valence-electron chi connectivity index (χ4n) is 3.11. The number of pyridine rings is 1. The van der Waals surface area contributed by atoms with Crippen LogP contribution in [0.25, 0.3) is 0 Å². The maximum atomic E-state index is 13.1. The number of carbonyl (C=O) groups excluding carboxylic acids is 1. The predicted molar refractivity (Wildman–Crippen MR) is 114 cm³/mol. The number of carbonyl (C=O) groups is 1. The van der Waals surface area contributed by atoms with E-state index in [4.69, 9.17) is 16.0 Å². The topological polar surface area (TPSA) is 55.5 Å². The van der Waals surface area contributed by atoms with Crippen molar-refractivity contribution in [3.05, 3.63) is 93.3 Å². The van der Waals surface area contributed by atoms with Crippen molar-refractivity contribution in [2.24, 2.45) is 0 Å². The Labute approximate surface area is 175 Å². The van der Waals surface area contributed by atoms with Gasteiger partial charge in [0.15, 0.2) is 5.76 Å². The molecule has 1 aromatic carbocycles. The number of hydrogen-bond donors (Lipinski definition) is 0. The minimum absolute atomic E-state index is 0.110. The molecule has 0 saturated heterocycles. The lowest BCUT2D eigenvalue weighted by Crippen LogP contribution is -2.31. The number of nitrogens with zero attached hydrogens (tertiary/aromatic N) is 2. The van der Waals surface area contributed by atoms with E-state index >= 15 is 0 Å². The second kappa shape index (κ2) is 10.1. The fourth-order valence-corrected chi connectivity index (χ4v) is 3.23. The lowest BCUT2D eigenvalue weighted by Gasteiger charge is -2.22. The minimum Gasteiger partial charge on any atom is -0.454 e. The summed E-state index contributed by atoms with van der Waals surface area (Å²) in [4.78, 5) is 26.8. The average Bonchev–Trinajstić information content (AvgIpc) is 3.19. The summed E-state index contributed by atoms with van der Waals surface area (Å²) < 4.78 is 7.32. The van der Waals surface area contributed by atoms with Gasteiger partial charge in [-0.25, -0.2) is 0 Å². The summed E-state index contributed by atoms with van der Waals surface area (Å²) in [6, 6.07) is 15.9. The first kappa shape index (κ1) is 20.9. The molecule has 3 rings (SSSR count). The van der Waals surface area contributed by atoms with E-state index in [1.54, 1.807) is 39.9 Å². The largest absolute Gasteiger partial charge is 0.454 e. The SMILES string of the molecule is CCCCCN(Cc1ccc(Cl)cc1)C(=O)c1ccc(Cn2ccccc2=O)o1. The van der Waals surface area contributed by atoms with Crippen molar-refractivity contribution >= 4 is 17.5 Å². The maximum Gasteiger partial charge on any atom is 0.289 e. The van der Waals surface area contributed by atoms with Crippen LogP contribution in [0, 0.1) is 0 Å². The molecule has 0 aliphatic rings. The van der Waals surface area contributed by atoms with Gasteiger partial charge in [-0.15, -0.1) is 0 Å². The van der Waals surface area contributed by atoms with Crippen LogP contribution in [0.2, 0.25) is 5.02 Å². The van der Waals surface area contributed by atoms with Gasteiger partial charge in [0.25, 0.3) is 11.5 Å². The van der Waals surface area contributed by atoms with E-state index in [0.717, 1.165) is 24.8 Å². The van der Waals surface area contributed by atoms with Crippen LogP contribution in [-0.4, -0.2) is 21.9 Å². The van der Waals surface area contributed by atoms with E-state index in [-0.39, 0.29) is 17.2 Å². The summed E-state index contributed by atoms with van der Waals surface area (Å²) >= 11 is 5.97. The molecule has 0 spiro atoms. The molecule has 0 bridgehead atoms. The van der Waals surface area contributed by atoms with Gasteiger partial charge in [0.05, 0.1) is 6.54 Å². The summed E-state index contributed by atoms with van der Waals surface area (Å²) in [6.07, 6.45) is 4.77. The van der Waals surface area contributed by atoms with Crippen molar-refractivity contribution < 1.29 is 9.21 Å². The first-order valence-electron chi connectivity index (χ1n) is 9.84. The lowest BCUT2D eigenvalue weighted by molar-refractivity contribution is 0.0705. The van der Waals surface area contributed by atoms with E-state index in [2.05, 4.69) is 6.92 Å². The molecule has 2 heterocycles. The highest BCUT2D eigenvalue weighted by Gasteiger charge is 2.19. The van der Waals surface area contributed by atoms with E-state index in [0.29, 0.717) is 30.4 Å². The normalized spacial score (nSPS) is 10.8. The summed E-state index contributed by atoms with van der Waals surface area (Å²) in [5.74, 6) is 0.707. The van der Waals surface area contributed by atoms with Gasteiger partial charge in [-0.3, -0.25) is 9.59 Å². The molecule has 5 nitrogen and oxygen atoms in total. The highest BCUT2D eigenvalue weighted by molar-refractivity contribution is 6.30. The third-order valence-corrected chi connectivity index (χ3v) is 4.96. The first-order chi connectivity index (χ1) is 14.1. The number of halogens is 1. The molecule has 3 aromatic rings. The molecule has 0 atom stereocenters. The van der Waals surface area contributed by atoms with Crippen LogP contribution in [0.1, 0.15) is 48.1 Å². The monoisotopic (exact) mass is 412 g/mol. The number of aromatic nitrogens is 1. The Morgan fingerprint density at radius 2 is 1.86 bits per heavy atom. The Kier molecular flexibility index (Phi) is 7.30. The molecule has 0 aliphatic heterocycles. The molecule has 0 unspecified atom stereocenters. The third-order valence-electron chi connectivity index (χ3n) is 4.70. The van der Waals surface area contributed by atoms with E-state index in [9.17, 15) is 9.59 Å². The van der Waals surface area contributed by atoms with Gasteiger partial charge < -0.3 is 13.9 Å². The van der Waals surface area contributed by atoms with Crippen molar-refractivity contribution in [3.63, 3.8) is 0 Å². The van der Waals surface area contributed by atoms with Crippen molar-refractivity contribution in [3.8, 4) is 0 Å². The summed E-state index contributed by atoms with van der Waals surface area (Å²) in [5, 5.41) is 0.671. The first-order valence-corrected chi connectivity index (χ1v) is 10.2. The number of furan rings is 1. The molecule has 0 radical (unpaired) electrons. The van der Waals surface area contributed by atoms with Crippen molar-refractivity contribution in [2.75, 3.05) is 6.54 Å². The highest BCUT2D eigenvalue weighted by Crippen LogP contribution is 2.17. The van der Waals surface area contributed by atoms with E-state index in [1.807, 2.05) is 24.3 Å². The number of hydrogen-bond acceptors (Lipinski definition) is 3. The van der Waals surface area contributed by atoms with Crippen LogP contribution < -0.4 is 5.56 Å². The van der Waals surface area contributed by atoms with Gasteiger partial charge in [0, 0.05) is 30.4 Å². The quantitative estimate of drug-likeness (QED) is 0.466. The summed E-state index contributed by atoms with van der Waals surface area (Å²) in [5.41, 5.74) is 0.905. The zero-order valence-electron chi connectivity index (χ0n) is 16.5. The van der Waals surface area contributed by atoms with Gasteiger partial charge in [-0.05, 0) is 42.3 Å². The van der Waals surface area contributed by atoms with Crippen LogP contribution in [0.15, 0.2) is 70.0 Å². The van der Waals surface area contributed by atoms with Crippen LogP contribution in [0.4, 0.5) is 0 Å². The number of benzene rings is 1. The lowest BCUT2D eigenvalue weighted by atomic mass is 10.2. The smallest absolute Gasteiger partial charge is 0.289 e. The summed E-state index contributed by atoms with van der Waals surface area (Å²) in [7, 11) is 0. The molecular formula is C23H25ClN2O3. The van der Waals surface area contributed by atoms with Gasteiger partial charge in [0.1, 0.15) is 5.76 Å². The zero-order valence-corrected chi connectivity index (χ0v) is 17.3. The third kappa shape index (κ3) is 5.84. The number of unbranched alkanes of at least 4 members (excludes halogenated alkanes) is 2. The molecule has 1 amide bonds. The molecule has 29 heavy (non-hydrogen) atoms. The van der Waals surface area contributed by atoms with E-state index < -0.39 is 0 Å². The van der Waals surface area contributed by atoms with Crippen LogP contribution in [0.5, 0.6) is 0 Å². The van der Waals surface area contributed by atoms with Crippen LogP contribution in [0.3, 0.4) is 0 Å². The molecule has 0 aliphatic carbocycles. The molecule has 0 fully saturated rings. The molecule has 2 aromatic heterocycles. The number of amides is 1. The van der Waals surface area contributed by atoms with Gasteiger partial charge in [-0.1, -0.05) is 49.6 Å². The number of rotatable bonds is 9. The molecular weight excluding hydrogens is 388 g/mol. The Balaban J connectivity index is 1.74. The van der Waals surface area contributed by atoms with Crippen molar-refractivity contribution in [1.29, 1.82) is 0 Å². The van der Waals surface area contributed by atoms with Crippen LogP contribution >= 0.6 is 11.6 Å². The Morgan fingerprint density at radius 3 is 2.59 bits per heavy atom. The zero-order chi connectivity index (χ0) is 20.6. The second-order valence-corrected chi connectivity index (χ2v) is 7.43. The maximum absolute atomic E-state index is 13.1. The van der Waals surface area contributed by atoms with Gasteiger partial charge >= 0.3 is 0 Å². The average molecular weight is 413 g/mol. The molecule has 0 saturated carbocycles. The Morgan fingerprint density at radius 1 is 1.07 bits per heavy atom. The molecule has 0 N–H and O–H groups in total. The molecule has 6 heteroatoms. The van der Waals surface area contributed by atoms with Gasteiger partial charge in [0.2, 0.25) is 0 Å². The van der Waals surface area contributed by atoms with Crippen molar-refractivity contribution in [2.45, 2.75) is 39.3 Å². The van der Waals surface area contributed by atoms with Gasteiger partial charge in [-0.2, -0.15) is 0 Å². The Hall–Kier alpha value is -2.79.